The maximum absolute atomic E-state index is 12.8. The van der Waals surface area contributed by atoms with Gasteiger partial charge in [0.15, 0.2) is 6.10 Å². The van der Waals surface area contributed by atoms with Gasteiger partial charge in [0.25, 0.3) is 0 Å². The number of hydrogen-bond acceptors (Lipinski definition) is 6. The van der Waals surface area contributed by atoms with Crippen LogP contribution >= 0.6 is 0 Å². The van der Waals surface area contributed by atoms with E-state index in [1.54, 1.807) is 0 Å². The standard InChI is InChI=1S/C64H108O6/c1-4-7-10-13-16-19-22-24-26-28-29-30-31-32-33-34-35-37-38-40-42-45-48-51-54-57-63(66)69-60-61(59-68-62(65)56-53-50-47-44-21-18-15-12-9-6-3)70-64(67)58-55-52-49-46-43-41-39-36-27-25-23-20-17-14-11-8-5-2/h7-8,10-11,16-17,19-20,24-27,29-30,39,41,61H,4-6,9,12-15,18,21-23,28,31-38,40,42-60H2,1-3H3/b10-7-,11-8-,19-16-,20-17-,26-24-,27-25-,30-29-,41-39-. The highest BCUT2D eigenvalue weighted by Crippen LogP contribution is 2.15. The molecule has 6 heteroatoms. The van der Waals surface area contributed by atoms with Gasteiger partial charge in [0, 0.05) is 19.3 Å². The van der Waals surface area contributed by atoms with Crippen LogP contribution in [0.1, 0.15) is 271 Å². The maximum atomic E-state index is 12.8. The fraction of sp³-hybridized carbons (Fsp3) is 0.703. The average Bonchev–Trinajstić information content (AvgIpc) is 3.36. The first-order valence-corrected chi connectivity index (χ1v) is 29.2. The van der Waals surface area contributed by atoms with Crippen LogP contribution in [0.3, 0.4) is 0 Å². The lowest BCUT2D eigenvalue weighted by Gasteiger charge is -2.18. The van der Waals surface area contributed by atoms with Crippen molar-refractivity contribution in [3.8, 4) is 0 Å². The first-order valence-electron chi connectivity index (χ1n) is 29.2. The van der Waals surface area contributed by atoms with E-state index in [-0.39, 0.29) is 31.1 Å². The SMILES string of the molecule is CC/C=C\C/C=C\C/C=C\C/C=C\CCCCCCCCCCCCCCC(=O)OCC(COC(=O)CCCCCCCCCCCC)OC(=O)CCCCCC/C=C\C/C=C\C/C=C\C/C=C\CC. The second-order valence-electron chi connectivity index (χ2n) is 19.1. The van der Waals surface area contributed by atoms with Crippen LogP contribution < -0.4 is 0 Å². The predicted molar refractivity (Wildman–Crippen MR) is 302 cm³/mol. The molecule has 1 atom stereocenters. The predicted octanol–water partition coefficient (Wildman–Crippen LogP) is 19.7. The Labute approximate surface area is 432 Å². The van der Waals surface area contributed by atoms with E-state index >= 15 is 0 Å². The van der Waals surface area contributed by atoms with E-state index < -0.39 is 6.10 Å². The largest absolute Gasteiger partial charge is 0.462 e. The zero-order valence-corrected chi connectivity index (χ0v) is 45.8. The van der Waals surface area contributed by atoms with E-state index in [1.807, 2.05) is 0 Å². The Hall–Kier alpha value is -3.67. The van der Waals surface area contributed by atoms with Crippen molar-refractivity contribution in [3.63, 3.8) is 0 Å². The van der Waals surface area contributed by atoms with Gasteiger partial charge >= 0.3 is 17.9 Å². The van der Waals surface area contributed by atoms with Gasteiger partial charge < -0.3 is 14.2 Å². The minimum Gasteiger partial charge on any atom is -0.462 e. The van der Waals surface area contributed by atoms with Gasteiger partial charge in [0.1, 0.15) is 13.2 Å². The molecule has 6 nitrogen and oxygen atoms in total. The molecule has 1 unspecified atom stereocenters. The van der Waals surface area contributed by atoms with E-state index in [9.17, 15) is 14.4 Å². The maximum Gasteiger partial charge on any atom is 0.306 e. The number of hydrogen-bond donors (Lipinski definition) is 0. The summed E-state index contributed by atoms with van der Waals surface area (Å²) in [6.07, 6.45) is 76.9. The molecule has 0 aliphatic heterocycles. The summed E-state index contributed by atoms with van der Waals surface area (Å²) in [5.74, 6) is -0.909. The molecular weight excluding hydrogens is 865 g/mol. The molecule has 0 heterocycles. The van der Waals surface area contributed by atoms with E-state index in [2.05, 4.69) is 118 Å². The summed E-state index contributed by atoms with van der Waals surface area (Å²) in [5, 5.41) is 0. The Morgan fingerprint density at radius 1 is 0.300 bits per heavy atom. The molecule has 0 amide bonds. The lowest BCUT2D eigenvalue weighted by molar-refractivity contribution is -0.167. The topological polar surface area (TPSA) is 78.9 Å². The Bertz CT molecular complexity index is 1400. The van der Waals surface area contributed by atoms with E-state index in [0.29, 0.717) is 19.3 Å². The summed E-state index contributed by atoms with van der Waals surface area (Å²) in [4.78, 5) is 38.1. The van der Waals surface area contributed by atoms with Crippen LogP contribution in [0.25, 0.3) is 0 Å². The molecule has 0 aromatic carbocycles. The third-order valence-electron chi connectivity index (χ3n) is 12.3. The molecular formula is C64H108O6. The molecule has 0 radical (unpaired) electrons. The molecule has 0 aromatic rings. The molecule has 0 bridgehead atoms. The third-order valence-corrected chi connectivity index (χ3v) is 12.3. The fourth-order valence-electron chi connectivity index (χ4n) is 8.01. The molecule has 0 rings (SSSR count). The number of esters is 3. The molecule has 0 aliphatic carbocycles. The van der Waals surface area contributed by atoms with Gasteiger partial charge in [-0.15, -0.1) is 0 Å². The molecule has 0 N–H and O–H groups in total. The zero-order valence-electron chi connectivity index (χ0n) is 45.8. The fourth-order valence-corrected chi connectivity index (χ4v) is 8.01. The van der Waals surface area contributed by atoms with Crippen molar-refractivity contribution < 1.29 is 28.6 Å². The van der Waals surface area contributed by atoms with Gasteiger partial charge in [0.05, 0.1) is 0 Å². The first-order chi connectivity index (χ1) is 34.5. The second kappa shape index (κ2) is 57.9. The van der Waals surface area contributed by atoms with Gasteiger partial charge in [-0.25, -0.2) is 0 Å². The van der Waals surface area contributed by atoms with Crippen molar-refractivity contribution in [1.82, 2.24) is 0 Å². The Balaban J connectivity index is 4.29. The summed E-state index contributed by atoms with van der Waals surface area (Å²) < 4.78 is 16.8. The van der Waals surface area contributed by atoms with Gasteiger partial charge in [0.2, 0.25) is 0 Å². The van der Waals surface area contributed by atoms with Gasteiger partial charge in [-0.3, -0.25) is 14.4 Å². The van der Waals surface area contributed by atoms with Crippen molar-refractivity contribution in [2.75, 3.05) is 13.2 Å². The summed E-state index contributed by atoms with van der Waals surface area (Å²) in [5.41, 5.74) is 0. The smallest absolute Gasteiger partial charge is 0.306 e. The Morgan fingerprint density at radius 2 is 0.557 bits per heavy atom. The summed E-state index contributed by atoms with van der Waals surface area (Å²) in [7, 11) is 0. The van der Waals surface area contributed by atoms with Crippen LogP contribution in [0.2, 0.25) is 0 Å². The van der Waals surface area contributed by atoms with Gasteiger partial charge in [-0.05, 0) is 96.3 Å². The minimum absolute atomic E-state index is 0.0861. The Morgan fingerprint density at radius 3 is 0.871 bits per heavy atom. The average molecular weight is 974 g/mol. The van der Waals surface area contributed by atoms with Crippen molar-refractivity contribution in [1.29, 1.82) is 0 Å². The monoisotopic (exact) mass is 973 g/mol. The van der Waals surface area contributed by atoms with Crippen LogP contribution in [0.15, 0.2) is 97.2 Å². The minimum atomic E-state index is -0.789. The molecule has 400 valence electrons. The normalized spacial score (nSPS) is 12.8. The molecule has 70 heavy (non-hydrogen) atoms. The lowest BCUT2D eigenvalue weighted by Crippen LogP contribution is -2.30. The number of carbonyl (C=O) groups excluding carboxylic acids is 3. The second-order valence-corrected chi connectivity index (χ2v) is 19.1. The third kappa shape index (κ3) is 55.3. The molecule has 0 aromatic heterocycles. The molecule has 0 spiro atoms. The quantitative estimate of drug-likeness (QED) is 0.0262. The summed E-state index contributed by atoms with van der Waals surface area (Å²) in [6, 6.07) is 0. The first kappa shape index (κ1) is 66.3. The number of allylic oxidation sites excluding steroid dienone is 16. The molecule has 0 aliphatic rings. The highest BCUT2D eigenvalue weighted by atomic mass is 16.6. The molecule has 0 saturated carbocycles. The van der Waals surface area contributed by atoms with Crippen molar-refractivity contribution in [2.24, 2.45) is 0 Å². The zero-order chi connectivity index (χ0) is 50.7. The number of rotatable bonds is 52. The number of carbonyl (C=O) groups is 3. The number of ether oxygens (including phenoxy) is 3. The van der Waals surface area contributed by atoms with Crippen molar-refractivity contribution in [3.05, 3.63) is 97.2 Å². The van der Waals surface area contributed by atoms with Gasteiger partial charge in [-0.2, -0.15) is 0 Å². The highest BCUT2D eigenvalue weighted by Gasteiger charge is 2.19. The van der Waals surface area contributed by atoms with Crippen LogP contribution in [-0.4, -0.2) is 37.2 Å². The highest BCUT2D eigenvalue weighted by molar-refractivity contribution is 5.71. The van der Waals surface area contributed by atoms with E-state index in [4.69, 9.17) is 14.2 Å². The van der Waals surface area contributed by atoms with Crippen molar-refractivity contribution in [2.45, 2.75) is 277 Å². The van der Waals surface area contributed by atoms with Crippen LogP contribution in [0, 0.1) is 0 Å². The van der Waals surface area contributed by atoms with E-state index in [1.165, 1.54) is 109 Å². The molecule has 0 saturated heterocycles. The summed E-state index contributed by atoms with van der Waals surface area (Å²) in [6.45, 7) is 6.39. The lowest BCUT2D eigenvalue weighted by atomic mass is 10.0. The summed E-state index contributed by atoms with van der Waals surface area (Å²) >= 11 is 0. The molecule has 0 fully saturated rings. The number of unbranched alkanes of at least 4 members (excludes halogenated alkanes) is 25. The Kier molecular flexibility index (Phi) is 54.9. The van der Waals surface area contributed by atoms with E-state index in [0.717, 1.165) is 122 Å². The van der Waals surface area contributed by atoms with Crippen LogP contribution in [0.4, 0.5) is 0 Å². The van der Waals surface area contributed by atoms with Crippen LogP contribution in [0.5, 0.6) is 0 Å². The van der Waals surface area contributed by atoms with Gasteiger partial charge in [-0.1, -0.05) is 253 Å². The van der Waals surface area contributed by atoms with Crippen molar-refractivity contribution >= 4 is 17.9 Å². The van der Waals surface area contributed by atoms with Crippen LogP contribution in [-0.2, 0) is 28.6 Å².